The quantitative estimate of drug-likeness (QED) is 0.359. The van der Waals surface area contributed by atoms with E-state index >= 15 is 0 Å². The van der Waals surface area contributed by atoms with Gasteiger partial charge in [0, 0.05) is 29.1 Å². The average Bonchev–Trinajstić information content (AvgIpc) is 2.72. The van der Waals surface area contributed by atoms with Gasteiger partial charge in [0.05, 0.1) is 4.90 Å². The number of nitrogens with two attached hydrogens (primary N) is 1. The predicted molar refractivity (Wildman–Crippen MR) is 110 cm³/mol. The molecule has 1 unspecified atom stereocenters. The van der Waals surface area contributed by atoms with Crippen molar-refractivity contribution in [2.75, 3.05) is 13.1 Å². The van der Waals surface area contributed by atoms with Gasteiger partial charge in [-0.3, -0.25) is 13.8 Å². The van der Waals surface area contributed by atoms with Crippen LogP contribution >= 0.6 is 0 Å². The summed E-state index contributed by atoms with van der Waals surface area (Å²) in [6.45, 7) is 0.855. The zero-order valence-corrected chi connectivity index (χ0v) is 17.6. The lowest BCUT2D eigenvalue weighted by molar-refractivity contribution is 0.0947. The summed E-state index contributed by atoms with van der Waals surface area (Å²) < 4.78 is 44.3. The van der Waals surface area contributed by atoms with E-state index in [2.05, 4.69) is 10.6 Å². The Morgan fingerprint density at radius 2 is 1.47 bits per heavy atom. The molecule has 0 heterocycles. The lowest BCUT2D eigenvalue weighted by Crippen LogP contribution is -2.26. The third kappa shape index (κ3) is 7.34. The molecule has 0 saturated carbocycles. The predicted octanol–water partition coefficient (Wildman–Crippen LogP) is 0.902. The van der Waals surface area contributed by atoms with Gasteiger partial charge in [-0.05, 0) is 72.8 Å². The van der Waals surface area contributed by atoms with Crippen LogP contribution in [0.3, 0.4) is 0 Å². The molecule has 1 atom stereocenters. The molecule has 9 nitrogen and oxygen atoms in total. The second-order valence-corrected chi connectivity index (χ2v) is 8.91. The Morgan fingerprint density at radius 1 is 0.900 bits per heavy atom. The van der Waals surface area contributed by atoms with E-state index in [1.54, 1.807) is 0 Å². The molecule has 11 heteroatoms. The van der Waals surface area contributed by atoms with Gasteiger partial charge in [0.15, 0.2) is 0 Å². The number of hydrogen-bond acceptors (Lipinski definition) is 6. The van der Waals surface area contributed by atoms with Gasteiger partial charge in [-0.25, -0.2) is 13.6 Å². The number of sulfonamides is 1. The molecule has 0 saturated heterocycles. The SMILES string of the molecule is NS(=O)(=O)c1ccc(C(=O)NCCCCCNC(=O)c2cccc(S(=O)[O-])c2)cc1. The fourth-order valence-electron chi connectivity index (χ4n) is 2.57. The fourth-order valence-corrected chi connectivity index (χ4v) is 3.50. The number of nitrogens with one attached hydrogen (secondary N) is 2. The Balaban J connectivity index is 1.65. The van der Waals surface area contributed by atoms with Gasteiger partial charge in [-0.15, -0.1) is 0 Å². The summed E-state index contributed by atoms with van der Waals surface area (Å²) >= 11 is -2.39. The summed E-state index contributed by atoms with van der Waals surface area (Å²) in [4.78, 5) is 24.0. The Morgan fingerprint density at radius 3 is 2.00 bits per heavy atom. The van der Waals surface area contributed by atoms with E-state index in [9.17, 15) is 26.8 Å². The molecule has 0 aliphatic heterocycles. The summed E-state index contributed by atoms with van der Waals surface area (Å²) in [6.07, 6.45) is 2.15. The van der Waals surface area contributed by atoms with Crippen molar-refractivity contribution in [1.82, 2.24) is 10.6 Å². The minimum atomic E-state index is -3.79. The van der Waals surface area contributed by atoms with Gasteiger partial charge < -0.3 is 15.2 Å². The van der Waals surface area contributed by atoms with Crippen molar-refractivity contribution in [2.24, 2.45) is 5.14 Å². The van der Waals surface area contributed by atoms with Crippen LogP contribution in [0.15, 0.2) is 58.3 Å². The highest BCUT2D eigenvalue weighted by molar-refractivity contribution is 7.89. The van der Waals surface area contributed by atoms with Crippen molar-refractivity contribution < 1.29 is 26.8 Å². The number of rotatable bonds is 10. The maximum absolute atomic E-state index is 12.0. The van der Waals surface area contributed by atoms with E-state index in [1.807, 2.05) is 0 Å². The summed E-state index contributed by atoms with van der Waals surface area (Å²) in [7, 11) is -3.79. The Labute approximate surface area is 177 Å². The Hall–Kier alpha value is -2.60. The normalized spacial score (nSPS) is 12.2. The van der Waals surface area contributed by atoms with Crippen molar-refractivity contribution in [3.8, 4) is 0 Å². The number of carbonyl (C=O) groups excluding carboxylic acids is 2. The molecule has 2 aromatic rings. The molecule has 0 aromatic heterocycles. The van der Waals surface area contributed by atoms with E-state index in [0.29, 0.717) is 31.5 Å². The second kappa shape index (κ2) is 11.0. The molecule has 162 valence electrons. The minimum Gasteiger partial charge on any atom is -0.768 e. The molecule has 2 aromatic carbocycles. The minimum absolute atomic E-state index is 0.0534. The fraction of sp³-hybridized carbons (Fsp3) is 0.263. The first kappa shape index (κ1) is 23.7. The average molecular weight is 453 g/mol. The van der Waals surface area contributed by atoms with E-state index in [-0.39, 0.29) is 27.2 Å². The molecule has 0 radical (unpaired) electrons. The van der Waals surface area contributed by atoms with E-state index in [1.165, 1.54) is 48.5 Å². The number of carbonyl (C=O) groups is 2. The van der Waals surface area contributed by atoms with Crippen molar-refractivity contribution in [1.29, 1.82) is 0 Å². The molecular formula is C19H22N3O6S2-. The zero-order chi connectivity index (χ0) is 22.1. The van der Waals surface area contributed by atoms with Gasteiger partial charge in [0.25, 0.3) is 11.8 Å². The third-order valence-corrected chi connectivity index (χ3v) is 5.73. The molecule has 0 spiro atoms. The first-order valence-corrected chi connectivity index (χ1v) is 11.7. The van der Waals surface area contributed by atoms with Crippen LogP contribution in [0.1, 0.15) is 40.0 Å². The molecular weight excluding hydrogens is 430 g/mol. The Bertz CT molecular complexity index is 1020. The number of primary sulfonamides is 1. The number of amides is 2. The molecule has 0 fully saturated rings. The summed E-state index contributed by atoms with van der Waals surface area (Å²) in [5.41, 5.74) is 0.605. The van der Waals surface area contributed by atoms with Gasteiger partial charge in [0.2, 0.25) is 10.0 Å². The van der Waals surface area contributed by atoms with Gasteiger partial charge in [-0.2, -0.15) is 0 Å². The first-order valence-electron chi connectivity index (χ1n) is 9.07. The molecule has 4 N–H and O–H groups in total. The molecule has 2 rings (SSSR count). The summed E-state index contributed by atoms with van der Waals surface area (Å²) in [5.74, 6) is -0.668. The maximum atomic E-state index is 12.0. The van der Waals surface area contributed by atoms with Crippen LogP contribution in [0, 0.1) is 0 Å². The van der Waals surface area contributed by atoms with Crippen molar-refractivity contribution in [2.45, 2.75) is 29.1 Å². The van der Waals surface area contributed by atoms with Crippen molar-refractivity contribution in [3.05, 3.63) is 59.7 Å². The van der Waals surface area contributed by atoms with Crippen LogP contribution in [-0.2, 0) is 21.1 Å². The third-order valence-electron chi connectivity index (χ3n) is 4.16. The molecule has 0 bridgehead atoms. The maximum Gasteiger partial charge on any atom is 0.251 e. The first-order chi connectivity index (χ1) is 14.2. The number of hydrogen-bond donors (Lipinski definition) is 3. The molecule has 30 heavy (non-hydrogen) atoms. The van der Waals surface area contributed by atoms with Gasteiger partial charge >= 0.3 is 0 Å². The molecule has 2 amide bonds. The lowest BCUT2D eigenvalue weighted by atomic mass is 10.2. The summed E-state index contributed by atoms with van der Waals surface area (Å²) in [5, 5.41) is 10.5. The van der Waals surface area contributed by atoms with Crippen LogP contribution < -0.4 is 15.8 Å². The van der Waals surface area contributed by atoms with Crippen LogP contribution in [0.2, 0.25) is 0 Å². The van der Waals surface area contributed by atoms with Crippen LogP contribution in [0.4, 0.5) is 0 Å². The summed E-state index contributed by atoms with van der Waals surface area (Å²) in [6, 6.07) is 11.1. The van der Waals surface area contributed by atoms with Crippen LogP contribution in [0.25, 0.3) is 0 Å². The number of unbranched alkanes of at least 4 members (excludes halogenated alkanes) is 2. The monoisotopic (exact) mass is 452 g/mol. The Kier molecular flexibility index (Phi) is 8.66. The van der Waals surface area contributed by atoms with E-state index < -0.39 is 21.1 Å². The number of benzene rings is 2. The van der Waals surface area contributed by atoms with Gasteiger partial charge in [0.1, 0.15) is 0 Å². The van der Waals surface area contributed by atoms with E-state index in [4.69, 9.17) is 5.14 Å². The topological polar surface area (TPSA) is 158 Å². The second-order valence-electron chi connectivity index (χ2n) is 6.40. The highest BCUT2D eigenvalue weighted by Gasteiger charge is 2.10. The highest BCUT2D eigenvalue weighted by Crippen LogP contribution is 2.09. The standard InChI is InChI=1S/C19H23N3O6S2/c20-30(27,28)17-9-7-14(8-10-17)18(23)21-11-2-1-3-12-22-19(24)15-5-4-6-16(13-15)29(25)26/h4-10,13H,1-3,11-12H2,(H,21,23)(H,22,24)(H,25,26)(H2,20,27,28)/p-1. The van der Waals surface area contributed by atoms with Crippen LogP contribution in [-0.4, -0.2) is 42.1 Å². The van der Waals surface area contributed by atoms with Crippen molar-refractivity contribution in [3.63, 3.8) is 0 Å². The largest absolute Gasteiger partial charge is 0.768 e. The van der Waals surface area contributed by atoms with Crippen LogP contribution in [0.5, 0.6) is 0 Å². The zero-order valence-electron chi connectivity index (χ0n) is 16.0. The van der Waals surface area contributed by atoms with E-state index in [0.717, 1.165) is 6.42 Å². The molecule has 0 aliphatic rings. The lowest BCUT2D eigenvalue weighted by Gasteiger charge is -2.09. The molecule has 0 aliphatic carbocycles. The smallest absolute Gasteiger partial charge is 0.251 e. The van der Waals surface area contributed by atoms with Gasteiger partial charge in [-0.1, -0.05) is 6.07 Å². The highest BCUT2D eigenvalue weighted by atomic mass is 32.2. The van der Waals surface area contributed by atoms with Crippen molar-refractivity contribution >= 4 is 32.9 Å².